The van der Waals surface area contributed by atoms with Crippen LogP contribution in [-0.2, 0) is 19.6 Å². The van der Waals surface area contributed by atoms with Crippen molar-refractivity contribution >= 4 is 33.4 Å². The van der Waals surface area contributed by atoms with Gasteiger partial charge in [0.25, 0.3) is 10.0 Å². The molecule has 0 saturated carbocycles. The van der Waals surface area contributed by atoms with Crippen LogP contribution in [0.15, 0.2) is 58.3 Å². The molecule has 2 aromatic carbocycles. The number of methoxy groups -OCH3 is 1. The van der Waals surface area contributed by atoms with Crippen molar-refractivity contribution in [2.24, 2.45) is 0 Å². The number of rotatable bonds is 8. The number of benzene rings is 2. The summed E-state index contributed by atoms with van der Waals surface area (Å²) in [7, 11) is -2.36. The van der Waals surface area contributed by atoms with E-state index in [0.29, 0.717) is 11.4 Å². The molecule has 2 rings (SSSR count). The molecule has 0 saturated heterocycles. The lowest BCUT2D eigenvalue weighted by atomic mass is 10.3. The molecule has 134 valence electrons. The Morgan fingerprint density at radius 3 is 2.28 bits per heavy atom. The van der Waals surface area contributed by atoms with Crippen LogP contribution in [0.4, 0.5) is 5.69 Å². The normalized spacial score (nSPS) is 11.0. The van der Waals surface area contributed by atoms with Crippen molar-refractivity contribution < 1.29 is 22.7 Å². The van der Waals surface area contributed by atoms with Gasteiger partial charge in [-0.3, -0.25) is 9.52 Å². The summed E-state index contributed by atoms with van der Waals surface area (Å²) in [4.78, 5) is 12.2. The number of hydrogen-bond donors (Lipinski definition) is 1. The van der Waals surface area contributed by atoms with Gasteiger partial charge in [0.2, 0.25) is 0 Å². The summed E-state index contributed by atoms with van der Waals surface area (Å²) in [5.74, 6) is 0.114. The third-order valence-electron chi connectivity index (χ3n) is 3.28. The summed E-state index contributed by atoms with van der Waals surface area (Å²) in [6, 6.07) is 13.1. The van der Waals surface area contributed by atoms with Gasteiger partial charge in [0, 0.05) is 10.6 Å². The second-order valence-electron chi connectivity index (χ2n) is 4.98. The molecule has 0 fully saturated rings. The molecule has 25 heavy (non-hydrogen) atoms. The third-order valence-corrected chi connectivity index (χ3v) is 5.42. The maximum absolute atomic E-state index is 12.4. The number of carbonyl (C=O) groups is 1. The van der Waals surface area contributed by atoms with E-state index >= 15 is 0 Å². The van der Waals surface area contributed by atoms with Gasteiger partial charge in [-0.1, -0.05) is 0 Å². The smallest absolute Gasteiger partial charge is 0.308 e. The lowest BCUT2D eigenvalue weighted by Crippen LogP contribution is -2.13. The van der Waals surface area contributed by atoms with Crippen LogP contribution in [0.1, 0.15) is 6.42 Å². The van der Waals surface area contributed by atoms with Crippen LogP contribution in [0.2, 0.25) is 0 Å². The first-order valence-corrected chi connectivity index (χ1v) is 10.1. The largest absolute Gasteiger partial charge is 0.493 e. The van der Waals surface area contributed by atoms with Gasteiger partial charge in [-0.05, 0) is 54.8 Å². The van der Waals surface area contributed by atoms with Crippen molar-refractivity contribution in [3.8, 4) is 5.75 Å². The molecule has 0 atom stereocenters. The summed E-state index contributed by atoms with van der Waals surface area (Å²) >= 11 is 1.58. The van der Waals surface area contributed by atoms with Gasteiger partial charge in [-0.15, -0.1) is 11.8 Å². The monoisotopic (exact) mass is 381 g/mol. The molecule has 0 heterocycles. The number of carbonyl (C=O) groups excluding carboxylic acids is 1. The molecule has 8 heteroatoms. The van der Waals surface area contributed by atoms with E-state index in [4.69, 9.17) is 4.74 Å². The van der Waals surface area contributed by atoms with Crippen LogP contribution < -0.4 is 9.46 Å². The highest BCUT2D eigenvalue weighted by molar-refractivity contribution is 7.98. The number of esters is 1. The average molecular weight is 381 g/mol. The number of sulfonamides is 1. The van der Waals surface area contributed by atoms with Gasteiger partial charge in [0.05, 0.1) is 25.0 Å². The lowest BCUT2D eigenvalue weighted by Gasteiger charge is -2.10. The maximum atomic E-state index is 12.4. The second kappa shape index (κ2) is 8.77. The van der Waals surface area contributed by atoms with Crippen molar-refractivity contribution in [1.29, 1.82) is 0 Å². The summed E-state index contributed by atoms with van der Waals surface area (Å²) in [5.41, 5.74) is 0.496. The number of ether oxygens (including phenoxy) is 2. The highest BCUT2D eigenvalue weighted by Gasteiger charge is 2.14. The van der Waals surface area contributed by atoms with E-state index in [0.717, 1.165) is 4.90 Å². The molecule has 0 bridgehead atoms. The standard InChI is InChI=1S/C17H19NO5S2/c1-22-17(19)11-12-23-14-5-9-16(10-6-14)25(20,21)18-13-3-7-15(24-2)8-4-13/h3-10,18H,11-12H2,1-2H3. The van der Waals surface area contributed by atoms with Crippen molar-refractivity contribution in [3.05, 3.63) is 48.5 Å². The van der Waals surface area contributed by atoms with Gasteiger partial charge >= 0.3 is 5.97 Å². The van der Waals surface area contributed by atoms with E-state index in [1.807, 2.05) is 18.4 Å². The number of hydrogen-bond acceptors (Lipinski definition) is 6. The molecule has 1 N–H and O–H groups in total. The summed E-state index contributed by atoms with van der Waals surface area (Å²) in [6.07, 6.45) is 2.08. The van der Waals surface area contributed by atoms with E-state index in [9.17, 15) is 13.2 Å². The van der Waals surface area contributed by atoms with E-state index < -0.39 is 10.0 Å². The highest BCUT2D eigenvalue weighted by atomic mass is 32.2. The molecule has 0 amide bonds. The molecule has 0 aromatic heterocycles. The van der Waals surface area contributed by atoms with Gasteiger partial charge < -0.3 is 9.47 Å². The number of thioether (sulfide) groups is 1. The fourth-order valence-electron chi connectivity index (χ4n) is 1.94. The molecule has 0 unspecified atom stereocenters. The minimum Gasteiger partial charge on any atom is -0.493 e. The molecule has 0 radical (unpaired) electrons. The SMILES string of the molecule is COC(=O)CCOc1ccc(S(=O)(=O)Nc2ccc(SC)cc2)cc1. The van der Waals surface area contributed by atoms with Crippen molar-refractivity contribution in [3.63, 3.8) is 0 Å². The molecule has 0 aliphatic heterocycles. The molecule has 6 nitrogen and oxygen atoms in total. The molecular weight excluding hydrogens is 362 g/mol. The maximum Gasteiger partial charge on any atom is 0.308 e. The zero-order chi connectivity index (χ0) is 18.3. The first-order valence-electron chi connectivity index (χ1n) is 7.41. The Bertz CT molecular complexity index is 802. The third kappa shape index (κ3) is 5.68. The highest BCUT2D eigenvalue weighted by Crippen LogP contribution is 2.22. The van der Waals surface area contributed by atoms with E-state index in [-0.39, 0.29) is 23.9 Å². The fraction of sp³-hybridized carbons (Fsp3) is 0.235. The summed E-state index contributed by atoms with van der Waals surface area (Å²) in [5, 5.41) is 0. The van der Waals surface area contributed by atoms with Crippen LogP contribution in [0.3, 0.4) is 0 Å². The Labute approximate surface area is 151 Å². The Kier molecular flexibility index (Phi) is 6.72. The topological polar surface area (TPSA) is 81.7 Å². The van der Waals surface area contributed by atoms with E-state index in [2.05, 4.69) is 9.46 Å². The Hall–Kier alpha value is -2.19. The zero-order valence-corrected chi connectivity index (χ0v) is 15.5. The zero-order valence-electron chi connectivity index (χ0n) is 13.9. The second-order valence-corrected chi connectivity index (χ2v) is 7.54. The summed E-state index contributed by atoms with van der Waals surface area (Å²) < 4.78 is 37.2. The minimum absolute atomic E-state index is 0.127. The molecular formula is C17H19NO5S2. The van der Waals surface area contributed by atoms with Crippen LogP contribution in [0.5, 0.6) is 5.75 Å². The van der Waals surface area contributed by atoms with E-state index in [1.54, 1.807) is 36.0 Å². The minimum atomic E-state index is -3.67. The Morgan fingerprint density at radius 1 is 1.08 bits per heavy atom. The first-order chi connectivity index (χ1) is 11.9. The molecule has 2 aromatic rings. The van der Waals surface area contributed by atoms with Crippen molar-refractivity contribution in [2.75, 3.05) is 24.7 Å². The van der Waals surface area contributed by atoms with E-state index in [1.165, 1.54) is 19.2 Å². The fourth-order valence-corrected chi connectivity index (χ4v) is 3.41. The van der Waals surface area contributed by atoms with Gasteiger partial charge in [-0.25, -0.2) is 8.42 Å². The molecule has 0 aliphatic carbocycles. The Balaban J connectivity index is 2.00. The van der Waals surface area contributed by atoms with Crippen LogP contribution in [0, 0.1) is 0 Å². The quantitative estimate of drug-likeness (QED) is 0.559. The van der Waals surface area contributed by atoms with Gasteiger partial charge in [-0.2, -0.15) is 0 Å². The number of anilines is 1. The predicted molar refractivity (Wildman–Crippen MR) is 97.6 cm³/mol. The molecule has 0 spiro atoms. The van der Waals surface area contributed by atoms with Crippen molar-refractivity contribution in [1.82, 2.24) is 0 Å². The van der Waals surface area contributed by atoms with Crippen LogP contribution in [0.25, 0.3) is 0 Å². The first kappa shape index (κ1) is 19.1. The van der Waals surface area contributed by atoms with Crippen LogP contribution >= 0.6 is 11.8 Å². The summed E-state index contributed by atoms with van der Waals surface area (Å²) in [6.45, 7) is 0.165. The van der Waals surface area contributed by atoms with Crippen molar-refractivity contribution in [2.45, 2.75) is 16.2 Å². The lowest BCUT2D eigenvalue weighted by molar-refractivity contribution is -0.141. The predicted octanol–water partition coefficient (Wildman–Crippen LogP) is 3.15. The Morgan fingerprint density at radius 2 is 1.72 bits per heavy atom. The molecule has 0 aliphatic rings. The van der Waals surface area contributed by atoms with Crippen LogP contribution in [-0.4, -0.2) is 34.4 Å². The van der Waals surface area contributed by atoms with Gasteiger partial charge in [0.1, 0.15) is 5.75 Å². The van der Waals surface area contributed by atoms with Gasteiger partial charge in [0.15, 0.2) is 0 Å². The average Bonchev–Trinajstić information content (AvgIpc) is 2.62. The number of nitrogens with one attached hydrogen (secondary N) is 1.